The lowest BCUT2D eigenvalue weighted by Gasteiger charge is -2.38. The van der Waals surface area contributed by atoms with Gasteiger partial charge in [-0.3, -0.25) is 4.90 Å². The number of aromatic nitrogens is 1. The molecule has 0 spiro atoms. The van der Waals surface area contributed by atoms with Crippen molar-refractivity contribution < 1.29 is 4.42 Å². The van der Waals surface area contributed by atoms with Crippen LogP contribution in [0, 0.1) is 11.3 Å². The van der Waals surface area contributed by atoms with E-state index in [0.717, 1.165) is 48.0 Å². The molecule has 4 N–H and O–H groups in total. The van der Waals surface area contributed by atoms with E-state index in [1.807, 2.05) is 13.1 Å². The minimum Gasteiger partial charge on any atom is -0.444 e. The first-order valence-corrected chi connectivity index (χ1v) is 10.8. The molecule has 1 aliphatic heterocycles. The van der Waals surface area contributed by atoms with Crippen LogP contribution in [0.4, 0.5) is 5.82 Å². The zero-order valence-electron chi connectivity index (χ0n) is 16.1. The van der Waals surface area contributed by atoms with Gasteiger partial charge in [0, 0.05) is 48.7 Å². The van der Waals surface area contributed by atoms with Crippen LogP contribution in [0.5, 0.6) is 0 Å². The lowest BCUT2D eigenvalue weighted by Crippen LogP contribution is -2.46. The molecule has 1 saturated carbocycles. The molecule has 150 valence electrons. The van der Waals surface area contributed by atoms with Gasteiger partial charge in [0.05, 0.1) is 10.7 Å². The number of pyridine rings is 1. The summed E-state index contributed by atoms with van der Waals surface area (Å²) in [6.07, 6.45) is 7.41. The number of hydrogen-bond donors (Lipinski definition) is 3. The molecule has 2 aromatic heterocycles. The highest BCUT2D eigenvalue weighted by molar-refractivity contribution is 9.10. The number of nitriles is 1. The van der Waals surface area contributed by atoms with Gasteiger partial charge in [0.25, 0.3) is 0 Å². The van der Waals surface area contributed by atoms with Crippen molar-refractivity contribution in [1.82, 2.24) is 15.2 Å². The third kappa shape index (κ3) is 3.77. The second-order valence-electron chi connectivity index (χ2n) is 7.88. The van der Waals surface area contributed by atoms with Crippen LogP contribution >= 0.6 is 15.9 Å². The number of likely N-dealkylation sites (N-methyl/N-ethyl adjacent to an activating group) is 1. The zero-order chi connectivity index (χ0) is 19.7. The van der Waals surface area contributed by atoms with Crippen molar-refractivity contribution in [2.75, 3.05) is 25.5 Å². The molecule has 1 saturated heterocycles. The molecule has 2 fully saturated rings. The van der Waals surface area contributed by atoms with Crippen LogP contribution in [0.15, 0.2) is 21.2 Å². The lowest BCUT2D eigenvalue weighted by molar-refractivity contribution is 0.140. The van der Waals surface area contributed by atoms with Gasteiger partial charge in [-0.15, -0.1) is 0 Å². The second-order valence-corrected chi connectivity index (χ2v) is 8.67. The van der Waals surface area contributed by atoms with E-state index in [1.54, 1.807) is 12.3 Å². The van der Waals surface area contributed by atoms with Gasteiger partial charge in [0.2, 0.25) is 5.76 Å². The first-order chi connectivity index (χ1) is 13.6. The molecular formula is C20H27BrN6O. The van der Waals surface area contributed by atoms with Gasteiger partial charge in [-0.2, -0.15) is 5.26 Å². The molecule has 2 aliphatic rings. The third-order valence-electron chi connectivity index (χ3n) is 6.27. The van der Waals surface area contributed by atoms with E-state index in [-0.39, 0.29) is 0 Å². The number of rotatable bonds is 5. The molecule has 2 atom stereocenters. The molecule has 0 amide bonds. The predicted molar refractivity (Wildman–Crippen MR) is 113 cm³/mol. The number of nitrogens with one attached hydrogen (secondary N) is 2. The van der Waals surface area contributed by atoms with Crippen LogP contribution in [0.2, 0.25) is 0 Å². The Morgan fingerprint density at radius 3 is 2.82 bits per heavy atom. The molecule has 0 radical (unpaired) electrons. The number of hydrogen-bond acceptors (Lipinski definition) is 7. The summed E-state index contributed by atoms with van der Waals surface area (Å²) in [6, 6.07) is 5.87. The largest absolute Gasteiger partial charge is 0.444 e. The Kier molecular flexibility index (Phi) is 5.88. The molecule has 0 bridgehead atoms. The molecule has 4 rings (SSSR count). The number of fused-ring (bicyclic) bond motifs is 1. The zero-order valence-corrected chi connectivity index (χ0v) is 17.7. The molecule has 28 heavy (non-hydrogen) atoms. The van der Waals surface area contributed by atoms with Crippen molar-refractivity contribution in [1.29, 1.82) is 5.26 Å². The quantitative estimate of drug-likeness (QED) is 0.648. The topological polar surface area (TPSA) is 103 Å². The fourth-order valence-corrected chi connectivity index (χ4v) is 5.24. The lowest BCUT2D eigenvalue weighted by atomic mass is 9.89. The standard InChI is InChI=1S/C20H27BrN6O/c1-24-13-6-15(8-22)27(11-13)14-4-2-12(3-5-14)26-20-19(21)17-7-16(9-23)28-18(17)10-25-20/h7,10,12-15,24H,2-6,8,11,22H2,1H3,(H,25,26). The maximum absolute atomic E-state index is 9.03. The van der Waals surface area contributed by atoms with Gasteiger partial charge < -0.3 is 20.8 Å². The van der Waals surface area contributed by atoms with Crippen molar-refractivity contribution in [2.24, 2.45) is 5.73 Å². The van der Waals surface area contributed by atoms with E-state index in [4.69, 9.17) is 15.4 Å². The van der Waals surface area contributed by atoms with Crippen LogP contribution in [0.1, 0.15) is 37.9 Å². The summed E-state index contributed by atoms with van der Waals surface area (Å²) in [7, 11) is 2.05. The predicted octanol–water partition coefficient (Wildman–Crippen LogP) is 2.81. The molecule has 2 unspecified atom stereocenters. The monoisotopic (exact) mass is 446 g/mol. The normalized spacial score (nSPS) is 28.5. The van der Waals surface area contributed by atoms with E-state index < -0.39 is 0 Å². The minimum atomic E-state index is 0.301. The summed E-state index contributed by atoms with van der Waals surface area (Å²) < 4.78 is 6.31. The highest BCUT2D eigenvalue weighted by Gasteiger charge is 2.36. The van der Waals surface area contributed by atoms with Crippen molar-refractivity contribution in [3.8, 4) is 6.07 Å². The summed E-state index contributed by atoms with van der Waals surface area (Å²) in [5.74, 6) is 1.12. The Balaban J connectivity index is 1.39. The van der Waals surface area contributed by atoms with Gasteiger partial charge in [0.1, 0.15) is 11.9 Å². The smallest absolute Gasteiger partial charge is 0.204 e. The molecule has 1 aliphatic carbocycles. The van der Waals surface area contributed by atoms with Gasteiger partial charge in [-0.05, 0) is 55.1 Å². The summed E-state index contributed by atoms with van der Waals surface area (Å²) in [5, 5.41) is 16.9. The summed E-state index contributed by atoms with van der Waals surface area (Å²) in [4.78, 5) is 7.13. The fourth-order valence-electron chi connectivity index (χ4n) is 4.71. The molecule has 8 heteroatoms. The molecule has 7 nitrogen and oxygen atoms in total. The number of likely N-dealkylation sites (tertiary alicyclic amines) is 1. The van der Waals surface area contributed by atoms with E-state index in [0.29, 0.717) is 35.5 Å². The van der Waals surface area contributed by atoms with E-state index in [1.165, 1.54) is 12.8 Å². The number of anilines is 1. The number of furan rings is 1. The highest BCUT2D eigenvalue weighted by atomic mass is 79.9. The average molecular weight is 447 g/mol. The Labute approximate surface area is 173 Å². The molecule has 2 aromatic rings. The van der Waals surface area contributed by atoms with Gasteiger partial charge >= 0.3 is 0 Å². The first kappa shape index (κ1) is 19.6. The van der Waals surface area contributed by atoms with Crippen molar-refractivity contribution in [3.05, 3.63) is 22.5 Å². The Bertz CT molecular complexity index is 869. The minimum absolute atomic E-state index is 0.301. The Hall–Kier alpha value is -1.66. The second kappa shape index (κ2) is 8.37. The number of nitrogens with zero attached hydrogens (tertiary/aromatic N) is 3. The van der Waals surface area contributed by atoms with Crippen LogP contribution in [0.3, 0.4) is 0 Å². The molecule has 0 aromatic carbocycles. The number of nitrogens with two attached hydrogens (primary N) is 1. The highest BCUT2D eigenvalue weighted by Crippen LogP contribution is 2.34. The third-order valence-corrected chi connectivity index (χ3v) is 7.07. The van der Waals surface area contributed by atoms with Gasteiger partial charge in [0.15, 0.2) is 5.58 Å². The Morgan fingerprint density at radius 2 is 2.14 bits per heavy atom. The summed E-state index contributed by atoms with van der Waals surface area (Å²) >= 11 is 3.63. The average Bonchev–Trinajstić information content (AvgIpc) is 3.34. The van der Waals surface area contributed by atoms with E-state index in [9.17, 15) is 0 Å². The Morgan fingerprint density at radius 1 is 1.36 bits per heavy atom. The summed E-state index contributed by atoms with van der Waals surface area (Å²) in [6.45, 7) is 1.84. The van der Waals surface area contributed by atoms with Crippen molar-refractivity contribution in [3.63, 3.8) is 0 Å². The summed E-state index contributed by atoms with van der Waals surface area (Å²) in [5.41, 5.74) is 6.65. The first-order valence-electron chi connectivity index (χ1n) is 10.0. The van der Waals surface area contributed by atoms with Crippen LogP contribution < -0.4 is 16.4 Å². The number of halogens is 1. The van der Waals surface area contributed by atoms with Crippen LogP contribution in [-0.4, -0.2) is 54.2 Å². The maximum Gasteiger partial charge on any atom is 0.204 e. The van der Waals surface area contributed by atoms with Crippen molar-refractivity contribution >= 4 is 32.7 Å². The molecule has 3 heterocycles. The van der Waals surface area contributed by atoms with Gasteiger partial charge in [-0.1, -0.05) is 0 Å². The van der Waals surface area contributed by atoms with E-state index in [2.05, 4.69) is 36.4 Å². The van der Waals surface area contributed by atoms with Gasteiger partial charge in [-0.25, -0.2) is 4.98 Å². The fraction of sp³-hybridized carbons (Fsp3) is 0.600. The van der Waals surface area contributed by atoms with Crippen LogP contribution in [0.25, 0.3) is 11.0 Å². The SMILES string of the molecule is CNC1CC(CN)N(C2CCC(Nc3ncc4oc(C#N)cc4c3Br)CC2)C1. The van der Waals surface area contributed by atoms with Crippen LogP contribution in [-0.2, 0) is 0 Å². The van der Waals surface area contributed by atoms with E-state index >= 15 is 0 Å². The maximum atomic E-state index is 9.03. The molecular weight excluding hydrogens is 420 g/mol. The van der Waals surface area contributed by atoms with Crippen molar-refractivity contribution in [2.45, 2.75) is 56.3 Å².